The van der Waals surface area contributed by atoms with Crippen LogP contribution in [-0.4, -0.2) is 29.8 Å². The van der Waals surface area contributed by atoms with Crippen LogP contribution in [0.4, 0.5) is 5.82 Å². The molecule has 1 N–H and O–H groups in total. The predicted molar refractivity (Wildman–Crippen MR) is 293 cm³/mol. The summed E-state index contributed by atoms with van der Waals surface area (Å²) < 4.78 is 10.4. The molecular formula is C65H57N7O. The molecule has 11 rings (SSSR count). The first kappa shape index (κ1) is 46.5. The van der Waals surface area contributed by atoms with Crippen molar-refractivity contribution < 1.29 is 4.74 Å². The van der Waals surface area contributed by atoms with Gasteiger partial charge in [-0.2, -0.15) is 5.10 Å². The second-order valence-electron chi connectivity index (χ2n) is 18.6. The Morgan fingerprint density at radius 2 is 1.01 bits per heavy atom. The third kappa shape index (κ3) is 9.08. The lowest BCUT2D eigenvalue weighted by Gasteiger charge is -2.38. The van der Waals surface area contributed by atoms with E-state index < -0.39 is 11.1 Å². The molecule has 0 aliphatic heterocycles. The Labute approximate surface area is 427 Å². The molecule has 0 aliphatic carbocycles. The highest BCUT2D eigenvalue weighted by Gasteiger charge is 2.43. The second kappa shape index (κ2) is 20.8. The highest BCUT2D eigenvalue weighted by Crippen LogP contribution is 2.45. The summed E-state index contributed by atoms with van der Waals surface area (Å²) in [6.07, 6.45) is 6.90. The maximum atomic E-state index is 6.36. The van der Waals surface area contributed by atoms with Crippen molar-refractivity contribution in [2.45, 2.75) is 56.7 Å². The molecule has 0 aliphatic rings. The van der Waals surface area contributed by atoms with Crippen molar-refractivity contribution in [1.29, 1.82) is 0 Å². The maximum Gasteiger partial charge on any atom is 0.182 e. The molecule has 0 saturated carbocycles. The molecule has 0 radical (unpaired) electrons. The normalized spacial score (nSPS) is 12.1. The molecule has 358 valence electrons. The Bertz CT molecular complexity index is 3350. The Morgan fingerprint density at radius 3 is 1.51 bits per heavy atom. The lowest BCUT2D eigenvalue weighted by molar-refractivity contribution is 0.457. The van der Waals surface area contributed by atoms with Crippen molar-refractivity contribution in [3.8, 4) is 11.5 Å². The van der Waals surface area contributed by atoms with Gasteiger partial charge in [-0.05, 0) is 98.8 Å². The van der Waals surface area contributed by atoms with Crippen LogP contribution in [0.25, 0.3) is 11.2 Å². The van der Waals surface area contributed by atoms with Crippen LogP contribution < -0.4 is 10.1 Å². The summed E-state index contributed by atoms with van der Waals surface area (Å²) in [7, 11) is 0. The molecule has 0 saturated heterocycles. The molecule has 8 aromatic carbocycles. The maximum absolute atomic E-state index is 6.36. The van der Waals surface area contributed by atoms with Crippen LogP contribution in [0.3, 0.4) is 0 Å². The molecule has 8 nitrogen and oxygen atoms in total. The van der Waals surface area contributed by atoms with Crippen molar-refractivity contribution in [3.05, 3.63) is 305 Å². The fraction of sp³-hybridized carbons (Fsp3) is 0.138. The first-order valence-electron chi connectivity index (χ1n) is 25.3. The number of hydrogen-bond acceptors (Lipinski definition) is 6. The third-order valence-corrected chi connectivity index (χ3v) is 14.1. The molecule has 8 heteroatoms. The van der Waals surface area contributed by atoms with Crippen molar-refractivity contribution in [3.63, 3.8) is 0 Å². The number of pyridine rings is 1. The quantitative estimate of drug-likeness (QED) is 0.0863. The minimum Gasteiger partial charge on any atom is -0.457 e. The van der Waals surface area contributed by atoms with Gasteiger partial charge in [0.05, 0.1) is 12.7 Å². The van der Waals surface area contributed by atoms with Gasteiger partial charge < -0.3 is 10.1 Å². The topological polar surface area (TPSA) is 82.7 Å². The Hall–Kier alpha value is -8.88. The molecule has 73 heavy (non-hydrogen) atoms. The number of nitrogens with zero attached hydrogens (tertiary/aromatic N) is 6. The number of rotatable bonds is 18. The van der Waals surface area contributed by atoms with E-state index in [-0.39, 0.29) is 5.92 Å². The number of fused-ring (bicyclic) bond motifs is 1. The molecule has 0 fully saturated rings. The first-order chi connectivity index (χ1) is 36.1. The van der Waals surface area contributed by atoms with Gasteiger partial charge in [0.2, 0.25) is 0 Å². The summed E-state index contributed by atoms with van der Waals surface area (Å²) in [5.41, 5.74) is 10.3. The van der Waals surface area contributed by atoms with E-state index in [2.05, 4.69) is 242 Å². The van der Waals surface area contributed by atoms with E-state index in [1.54, 1.807) is 0 Å². The van der Waals surface area contributed by atoms with Gasteiger partial charge in [-0.3, -0.25) is 4.68 Å². The van der Waals surface area contributed by atoms with Gasteiger partial charge in [0.15, 0.2) is 5.65 Å². The molecule has 0 bridgehead atoms. The summed E-state index contributed by atoms with van der Waals surface area (Å²) in [6.45, 7) is 4.97. The summed E-state index contributed by atoms with van der Waals surface area (Å²) in [4.78, 5) is 5.74. The van der Waals surface area contributed by atoms with Crippen LogP contribution in [0.1, 0.15) is 88.2 Å². The van der Waals surface area contributed by atoms with Crippen molar-refractivity contribution in [1.82, 2.24) is 29.8 Å². The number of ether oxygens (including phenoxy) is 1. The average molecular weight is 952 g/mol. The highest BCUT2D eigenvalue weighted by molar-refractivity contribution is 5.80. The van der Waals surface area contributed by atoms with Crippen LogP contribution in [0.2, 0.25) is 0 Å². The number of anilines is 1. The number of hydrogen-bond donors (Lipinski definition) is 1. The average Bonchev–Trinajstić information content (AvgIpc) is 4.11. The Balaban J connectivity index is 1.11. The fourth-order valence-corrected chi connectivity index (χ4v) is 10.7. The molecule has 0 spiro atoms. The fourth-order valence-electron chi connectivity index (χ4n) is 10.7. The Morgan fingerprint density at radius 1 is 0.534 bits per heavy atom. The molecule has 11 aromatic rings. The van der Waals surface area contributed by atoms with E-state index in [1.165, 1.54) is 5.56 Å². The van der Waals surface area contributed by atoms with Crippen molar-refractivity contribution >= 4 is 17.0 Å². The monoisotopic (exact) mass is 951 g/mol. The van der Waals surface area contributed by atoms with Gasteiger partial charge >= 0.3 is 0 Å². The zero-order valence-electron chi connectivity index (χ0n) is 41.2. The zero-order valence-corrected chi connectivity index (χ0v) is 41.2. The zero-order chi connectivity index (χ0) is 49.5. The summed E-state index contributed by atoms with van der Waals surface area (Å²) in [5, 5.41) is 19.7. The first-order valence-corrected chi connectivity index (χ1v) is 25.3. The second-order valence-corrected chi connectivity index (χ2v) is 18.6. The van der Waals surface area contributed by atoms with E-state index in [0.717, 1.165) is 86.3 Å². The van der Waals surface area contributed by atoms with Gasteiger partial charge in [0.1, 0.15) is 33.9 Å². The minimum absolute atomic E-state index is 0.116. The summed E-state index contributed by atoms with van der Waals surface area (Å²) >= 11 is 0. The molecule has 1 atom stereocenters. The van der Waals surface area contributed by atoms with E-state index in [1.807, 2.05) is 35.1 Å². The predicted octanol–water partition coefficient (Wildman–Crippen LogP) is 14.6. The number of aromatic nitrogens is 6. The highest BCUT2D eigenvalue weighted by atomic mass is 16.5. The lowest BCUT2D eigenvalue weighted by Crippen LogP contribution is -2.39. The van der Waals surface area contributed by atoms with Crippen molar-refractivity contribution in [2.75, 3.05) is 5.32 Å². The van der Waals surface area contributed by atoms with Crippen LogP contribution in [0.5, 0.6) is 11.5 Å². The smallest absolute Gasteiger partial charge is 0.182 e. The van der Waals surface area contributed by atoms with Gasteiger partial charge in [-0.1, -0.05) is 232 Å². The number of benzene rings is 8. The van der Waals surface area contributed by atoms with E-state index in [9.17, 15) is 0 Å². The summed E-state index contributed by atoms with van der Waals surface area (Å²) in [5.74, 6) is 2.19. The lowest BCUT2D eigenvalue weighted by atomic mass is 9.76. The van der Waals surface area contributed by atoms with Crippen molar-refractivity contribution in [2.24, 2.45) is 0 Å². The van der Waals surface area contributed by atoms with Gasteiger partial charge in [-0.25, -0.2) is 9.67 Å². The SMILES string of the molecule is CCCC(c1cnn(Cc2cccc(Oc3cccc(CC)c3)c2)c1)c1cc(NC(c2ccccc2)(c2ccccc2)c2ccccc2)nc2c1nnn2C(c1ccccc1)(c1ccccc1)c1ccccc1. The van der Waals surface area contributed by atoms with E-state index in [4.69, 9.17) is 25.1 Å². The van der Waals surface area contributed by atoms with Crippen LogP contribution in [0.15, 0.2) is 249 Å². The van der Waals surface area contributed by atoms with E-state index >= 15 is 0 Å². The van der Waals surface area contributed by atoms with Gasteiger partial charge in [-0.15, -0.1) is 5.10 Å². The number of aryl methyl sites for hydroxylation is 1. The van der Waals surface area contributed by atoms with Gasteiger partial charge in [0, 0.05) is 12.1 Å². The summed E-state index contributed by atoms with van der Waals surface area (Å²) in [6, 6.07) is 82.7. The molecule has 3 aromatic heterocycles. The van der Waals surface area contributed by atoms with E-state index in [0.29, 0.717) is 18.0 Å². The molecule has 3 heterocycles. The third-order valence-electron chi connectivity index (χ3n) is 14.1. The molecule has 0 amide bonds. The minimum atomic E-state index is -0.973. The largest absolute Gasteiger partial charge is 0.457 e. The Kier molecular flexibility index (Phi) is 13.3. The molecule has 1 unspecified atom stereocenters. The number of nitrogens with one attached hydrogen (secondary N) is 1. The van der Waals surface area contributed by atoms with Crippen LogP contribution >= 0.6 is 0 Å². The van der Waals surface area contributed by atoms with Gasteiger partial charge in [0.25, 0.3) is 0 Å². The standard InChI is InChI=1S/C65H57N7O/c1-3-25-59(50-45-66-71(47-50)46-49-27-24-41-58(43-49)73-57-40-23-26-48(4-2)42-57)60-44-61(68-64(51-28-11-5-12-29-51,52-30-13-6-14-31-52)53-32-15-7-16-33-53)67-63-62(60)69-70-72(63)65(54-34-17-8-18-35-54,55-36-19-9-20-37-55)56-38-21-10-22-39-56/h5-24,26-45,47,59H,3-4,25,46H2,1-2H3,(H,67,68). The molecular weight excluding hydrogens is 895 g/mol. The van der Waals surface area contributed by atoms with Crippen LogP contribution in [-0.2, 0) is 24.0 Å². The van der Waals surface area contributed by atoms with Crippen LogP contribution in [0, 0.1) is 0 Å².